The van der Waals surface area contributed by atoms with E-state index in [-0.39, 0.29) is 11.2 Å². The first-order chi connectivity index (χ1) is 8.58. The number of H-pyrrole nitrogens is 1. The number of nitrogens with one attached hydrogen (secondary N) is 1. The number of hydrogen-bond acceptors (Lipinski definition) is 2. The van der Waals surface area contributed by atoms with Gasteiger partial charge in [-0.25, -0.2) is 0 Å². The molecule has 0 fully saturated rings. The maximum Gasteiger partial charge on any atom is 0.170 e. The molecule has 18 heavy (non-hydrogen) atoms. The topological polar surface area (TPSA) is 45.8 Å². The predicted molar refractivity (Wildman–Crippen MR) is 70.5 cm³/mol. The number of aromatic amines is 1. The molecule has 1 aliphatic carbocycles. The Morgan fingerprint density at radius 3 is 2.83 bits per heavy atom. The Balaban J connectivity index is 2.06. The number of rotatable bonds is 1. The SMILES string of the molecule is CC1(C)CCc2nc(-c3ccc[nH]3)ccc2C1=O. The van der Waals surface area contributed by atoms with Crippen molar-refractivity contribution in [2.45, 2.75) is 26.7 Å². The van der Waals surface area contributed by atoms with Crippen molar-refractivity contribution in [3.05, 3.63) is 41.7 Å². The number of hydrogen-bond donors (Lipinski definition) is 1. The lowest BCUT2D eigenvalue weighted by molar-refractivity contribution is 0.0809. The third kappa shape index (κ3) is 1.67. The molecule has 2 aromatic heterocycles. The summed E-state index contributed by atoms with van der Waals surface area (Å²) >= 11 is 0. The fraction of sp³-hybridized carbons (Fsp3) is 0.333. The first-order valence-corrected chi connectivity index (χ1v) is 6.26. The minimum atomic E-state index is -0.247. The van der Waals surface area contributed by atoms with Crippen LogP contribution in [0.15, 0.2) is 30.5 Å². The monoisotopic (exact) mass is 240 g/mol. The average Bonchev–Trinajstić information content (AvgIpc) is 2.88. The molecule has 0 saturated carbocycles. The Labute approximate surface area is 106 Å². The van der Waals surface area contributed by atoms with Gasteiger partial charge in [-0.15, -0.1) is 0 Å². The minimum absolute atomic E-state index is 0.217. The quantitative estimate of drug-likeness (QED) is 0.831. The van der Waals surface area contributed by atoms with E-state index in [9.17, 15) is 4.79 Å². The Kier molecular flexibility index (Phi) is 2.37. The van der Waals surface area contributed by atoms with Crippen LogP contribution in [0.25, 0.3) is 11.4 Å². The summed E-state index contributed by atoms with van der Waals surface area (Å²) < 4.78 is 0. The Morgan fingerprint density at radius 2 is 2.11 bits per heavy atom. The molecule has 0 spiro atoms. The molecule has 0 aromatic carbocycles. The lowest BCUT2D eigenvalue weighted by Crippen LogP contribution is -2.31. The van der Waals surface area contributed by atoms with Crippen LogP contribution in [0.4, 0.5) is 0 Å². The van der Waals surface area contributed by atoms with Gasteiger partial charge in [0.2, 0.25) is 0 Å². The molecule has 0 bridgehead atoms. The number of aryl methyl sites for hydroxylation is 1. The fourth-order valence-corrected chi connectivity index (χ4v) is 2.45. The highest BCUT2D eigenvalue weighted by atomic mass is 16.1. The standard InChI is InChI=1S/C15H16N2O/c1-15(2)8-7-11-10(14(15)18)5-6-13(17-11)12-4-3-9-16-12/h3-6,9,16H,7-8H2,1-2H3. The van der Waals surface area contributed by atoms with Gasteiger partial charge in [0.1, 0.15) is 0 Å². The van der Waals surface area contributed by atoms with Gasteiger partial charge in [0, 0.05) is 17.2 Å². The van der Waals surface area contributed by atoms with E-state index in [1.54, 1.807) is 0 Å². The van der Waals surface area contributed by atoms with Gasteiger partial charge < -0.3 is 4.98 Å². The maximum atomic E-state index is 12.3. The van der Waals surface area contributed by atoms with Crippen molar-refractivity contribution in [3.63, 3.8) is 0 Å². The molecular formula is C15H16N2O. The number of Topliss-reactive ketones (excluding diaryl/α,β-unsaturated/α-hetero) is 1. The van der Waals surface area contributed by atoms with E-state index in [2.05, 4.69) is 9.97 Å². The Morgan fingerprint density at radius 1 is 1.28 bits per heavy atom. The number of carbonyl (C=O) groups is 1. The van der Waals surface area contributed by atoms with Crippen molar-refractivity contribution in [1.82, 2.24) is 9.97 Å². The molecule has 2 aromatic rings. The highest BCUT2D eigenvalue weighted by molar-refractivity contribution is 6.02. The van der Waals surface area contributed by atoms with E-state index in [0.29, 0.717) is 0 Å². The van der Waals surface area contributed by atoms with Crippen LogP contribution in [0.5, 0.6) is 0 Å². The fourth-order valence-electron chi connectivity index (χ4n) is 2.45. The summed E-state index contributed by atoms with van der Waals surface area (Å²) in [6, 6.07) is 7.78. The zero-order valence-electron chi connectivity index (χ0n) is 10.7. The highest BCUT2D eigenvalue weighted by Gasteiger charge is 2.34. The average molecular weight is 240 g/mol. The first kappa shape index (κ1) is 11.2. The first-order valence-electron chi connectivity index (χ1n) is 6.26. The second-order valence-electron chi connectivity index (χ2n) is 5.49. The third-order valence-corrected chi connectivity index (χ3v) is 3.69. The van der Waals surface area contributed by atoms with Crippen molar-refractivity contribution < 1.29 is 4.79 Å². The van der Waals surface area contributed by atoms with Gasteiger partial charge in [0.05, 0.1) is 17.1 Å². The number of fused-ring (bicyclic) bond motifs is 1. The number of nitrogens with zero attached hydrogens (tertiary/aromatic N) is 1. The van der Waals surface area contributed by atoms with Crippen LogP contribution < -0.4 is 0 Å². The number of aromatic nitrogens is 2. The molecule has 92 valence electrons. The summed E-state index contributed by atoms with van der Waals surface area (Å²) in [7, 11) is 0. The van der Waals surface area contributed by atoms with Gasteiger partial charge in [0.25, 0.3) is 0 Å². The predicted octanol–water partition coefficient (Wildman–Crippen LogP) is 3.23. The van der Waals surface area contributed by atoms with Gasteiger partial charge in [-0.05, 0) is 37.1 Å². The molecule has 0 amide bonds. The lowest BCUT2D eigenvalue weighted by atomic mass is 9.75. The summed E-state index contributed by atoms with van der Waals surface area (Å²) in [4.78, 5) is 20.0. The maximum absolute atomic E-state index is 12.3. The molecule has 0 radical (unpaired) electrons. The molecule has 0 atom stereocenters. The van der Waals surface area contributed by atoms with Crippen molar-refractivity contribution >= 4 is 5.78 Å². The van der Waals surface area contributed by atoms with Crippen LogP contribution in [0.1, 0.15) is 36.3 Å². The minimum Gasteiger partial charge on any atom is -0.360 e. The van der Waals surface area contributed by atoms with E-state index in [0.717, 1.165) is 35.5 Å². The van der Waals surface area contributed by atoms with E-state index >= 15 is 0 Å². The van der Waals surface area contributed by atoms with E-state index in [1.807, 2.05) is 44.3 Å². The molecule has 3 nitrogen and oxygen atoms in total. The summed E-state index contributed by atoms with van der Waals surface area (Å²) in [5.41, 5.74) is 3.39. The molecule has 1 N–H and O–H groups in total. The van der Waals surface area contributed by atoms with Gasteiger partial charge >= 0.3 is 0 Å². The molecule has 0 saturated heterocycles. The van der Waals surface area contributed by atoms with Crippen molar-refractivity contribution in [1.29, 1.82) is 0 Å². The van der Waals surface area contributed by atoms with Gasteiger partial charge in [-0.2, -0.15) is 0 Å². The normalized spacial score (nSPS) is 17.6. The molecule has 2 heterocycles. The summed E-state index contributed by atoms with van der Waals surface area (Å²) in [5, 5.41) is 0. The van der Waals surface area contributed by atoms with Crippen molar-refractivity contribution in [2.75, 3.05) is 0 Å². The second-order valence-corrected chi connectivity index (χ2v) is 5.49. The summed E-state index contributed by atoms with van der Waals surface area (Å²) in [6.45, 7) is 4.02. The van der Waals surface area contributed by atoms with Crippen LogP contribution >= 0.6 is 0 Å². The zero-order chi connectivity index (χ0) is 12.8. The van der Waals surface area contributed by atoms with Crippen molar-refractivity contribution in [3.8, 4) is 11.4 Å². The van der Waals surface area contributed by atoms with Gasteiger partial charge in [-0.1, -0.05) is 13.8 Å². The van der Waals surface area contributed by atoms with E-state index in [1.165, 1.54) is 0 Å². The summed E-state index contributed by atoms with van der Waals surface area (Å²) in [5.74, 6) is 0.217. The number of carbonyl (C=O) groups excluding carboxylic acids is 1. The van der Waals surface area contributed by atoms with Gasteiger partial charge in [0.15, 0.2) is 5.78 Å². The largest absolute Gasteiger partial charge is 0.360 e. The van der Waals surface area contributed by atoms with Crippen LogP contribution in [-0.2, 0) is 6.42 Å². The van der Waals surface area contributed by atoms with Crippen LogP contribution in [0.2, 0.25) is 0 Å². The zero-order valence-corrected chi connectivity index (χ0v) is 10.7. The van der Waals surface area contributed by atoms with Crippen molar-refractivity contribution in [2.24, 2.45) is 5.41 Å². The Bertz CT molecular complexity index is 597. The molecule has 3 heteroatoms. The summed E-state index contributed by atoms with van der Waals surface area (Å²) in [6.07, 6.45) is 3.63. The van der Waals surface area contributed by atoms with Crippen LogP contribution in [-0.4, -0.2) is 15.8 Å². The Hall–Kier alpha value is -1.90. The van der Waals surface area contributed by atoms with Crippen LogP contribution in [0, 0.1) is 5.41 Å². The van der Waals surface area contributed by atoms with Crippen LogP contribution in [0.3, 0.4) is 0 Å². The molecule has 0 aliphatic heterocycles. The molecular weight excluding hydrogens is 224 g/mol. The molecule has 0 unspecified atom stereocenters. The third-order valence-electron chi connectivity index (χ3n) is 3.69. The lowest BCUT2D eigenvalue weighted by Gasteiger charge is -2.29. The smallest absolute Gasteiger partial charge is 0.170 e. The number of ketones is 1. The molecule has 3 rings (SSSR count). The second kappa shape index (κ2) is 3.80. The number of pyridine rings is 1. The van der Waals surface area contributed by atoms with E-state index in [4.69, 9.17) is 0 Å². The highest BCUT2D eigenvalue weighted by Crippen LogP contribution is 2.34. The molecule has 1 aliphatic rings. The van der Waals surface area contributed by atoms with E-state index < -0.39 is 0 Å². The van der Waals surface area contributed by atoms with Gasteiger partial charge in [-0.3, -0.25) is 9.78 Å².